The average molecular weight is 499 g/mol. The molecule has 0 spiro atoms. The first-order chi connectivity index (χ1) is 11.3. The van der Waals surface area contributed by atoms with Crippen LogP contribution in [-0.2, 0) is 21.1 Å². The molecule has 0 atom stereocenters. The summed E-state index contributed by atoms with van der Waals surface area (Å²) < 4.78 is 3.38. The zero-order valence-electron chi connectivity index (χ0n) is 13.0. The van der Waals surface area contributed by atoms with Crippen LogP contribution in [0.3, 0.4) is 0 Å². The summed E-state index contributed by atoms with van der Waals surface area (Å²) in [6.45, 7) is 1.89. The molecule has 0 amide bonds. The number of hydrogen-bond donors (Lipinski definition) is 0. The van der Waals surface area contributed by atoms with E-state index in [1.807, 2.05) is 67.4 Å². The second kappa shape index (κ2) is 9.08. The van der Waals surface area contributed by atoms with Crippen molar-refractivity contribution in [2.45, 2.75) is 0 Å². The molecule has 0 saturated heterocycles. The smallest absolute Gasteiger partial charge is 0.493 e. The predicted molar refractivity (Wildman–Crippen MR) is 89.3 cm³/mol. The van der Waals surface area contributed by atoms with Crippen molar-refractivity contribution in [3.63, 3.8) is 0 Å². The second-order valence-corrected chi connectivity index (χ2v) is 4.69. The summed E-state index contributed by atoms with van der Waals surface area (Å²) in [7, 11) is 3.71. The van der Waals surface area contributed by atoms with Gasteiger partial charge in [-0.25, -0.2) is 0 Å². The van der Waals surface area contributed by atoms with Crippen LogP contribution in [0.4, 0.5) is 5.69 Å². The number of hydrogen-bond acceptors (Lipinski definition) is 5. The largest absolute Gasteiger partial charge is 2.00 e. The molecule has 4 rings (SSSR count). The molecule has 0 unspecified atom stereocenters. The summed E-state index contributed by atoms with van der Waals surface area (Å²) in [6.07, 6.45) is 8.89. The van der Waals surface area contributed by atoms with Crippen LogP contribution in [0.2, 0.25) is 0 Å². The molecule has 1 aromatic carbocycles. The van der Waals surface area contributed by atoms with Crippen molar-refractivity contribution in [2.75, 3.05) is 12.1 Å². The number of anilines is 1. The standard InChI is InChI=1S/C9H9N3.C6H6BN4.Pt/c1-11-7-10-12(8-11)9-5-3-2-4-6-9;1-3-8-10(5-1)7-11-6-2-4-9-11;/h2-5,7-8H,1H3;1-6H;/q-2;;+2. The summed E-state index contributed by atoms with van der Waals surface area (Å²) in [5.41, 5.74) is 0.957. The van der Waals surface area contributed by atoms with Gasteiger partial charge in [0.15, 0.2) is 0 Å². The summed E-state index contributed by atoms with van der Waals surface area (Å²) in [6, 6.07) is 14.5. The molecular weight excluding hydrogens is 484 g/mol. The van der Waals surface area contributed by atoms with E-state index < -0.39 is 0 Å². The molecule has 2 aromatic heterocycles. The van der Waals surface area contributed by atoms with Crippen molar-refractivity contribution < 1.29 is 21.1 Å². The fourth-order valence-corrected chi connectivity index (χ4v) is 1.84. The summed E-state index contributed by atoms with van der Waals surface area (Å²) >= 11 is 0. The van der Waals surface area contributed by atoms with Crippen molar-refractivity contribution in [1.29, 1.82) is 0 Å². The minimum Gasteiger partial charge on any atom is -0.493 e. The Kier molecular flexibility index (Phi) is 6.81. The van der Waals surface area contributed by atoms with E-state index in [1.54, 1.807) is 40.5 Å². The maximum absolute atomic E-state index is 4.13. The first-order valence-corrected chi connectivity index (χ1v) is 7.01. The van der Waals surface area contributed by atoms with E-state index in [1.165, 1.54) is 0 Å². The Morgan fingerprint density at radius 2 is 1.75 bits per heavy atom. The van der Waals surface area contributed by atoms with E-state index in [0.717, 1.165) is 5.69 Å². The van der Waals surface area contributed by atoms with Crippen molar-refractivity contribution >= 4 is 19.6 Å². The van der Waals surface area contributed by atoms with Gasteiger partial charge in [-0.2, -0.15) is 39.6 Å². The summed E-state index contributed by atoms with van der Waals surface area (Å²) in [5.74, 6) is 0. The molecule has 9 heteroatoms. The minimum atomic E-state index is 0. The SMILES string of the molecule is CN1C=NN(c2[c-]cccc2)[CH-]1.[B](n1cccn1)n1cccn1.[Pt+2]. The van der Waals surface area contributed by atoms with Crippen LogP contribution in [0.25, 0.3) is 0 Å². The van der Waals surface area contributed by atoms with E-state index in [9.17, 15) is 0 Å². The number of benzene rings is 1. The molecule has 0 aliphatic carbocycles. The number of nitrogens with zero attached hydrogens (tertiary/aromatic N) is 7. The molecule has 1 aliphatic rings. The van der Waals surface area contributed by atoms with Gasteiger partial charge in [-0.3, -0.25) is 9.19 Å². The van der Waals surface area contributed by atoms with Crippen LogP contribution < -0.4 is 5.01 Å². The van der Waals surface area contributed by atoms with Gasteiger partial charge in [0.25, 0.3) is 0 Å². The molecule has 3 aromatic rings. The van der Waals surface area contributed by atoms with Gasteiger partial charge in [0.1, 0.15) is 0 Å². The third kappa shape index (κ3) is 5.10. The fraction of sp³-hybridized carbons (Fsp3) is 0.0667. The molecule has 0 bridgehead atoms. The zero-order chi connectivity index (χ0) is 15.9. The predicted octanol–water partition coefficient (Wildman–Crippen LogP) is 1.31. The van der Waals surface area contributed by atoms with Gasteiger partial charge in [0, 0.05) is 24.8 Å². The Hall–Kier alpha value is -2.34. The maximum Gasteiger partial charge on any atom is 2.00 e. The van der Waals surface area contributed by atoms with Crippen LogP contribution in [0, 0.1) is 12.7 Å². The van der Waals surface area contributed by atoms with Crippen LogP contribution in [0.1, 0.15) is 0 Å². The van der Waals surface area contributed by atoms with Gasteiger partial charge in [-0.1, -0.05) is 5.69 Å². The van der Waals surface area contributed by atoms with E-state index >= 15 is 0 Å². The van der Waals surface area contributed by atoms with E-state index in [4.69, 9.17) is 0 Å². The quantitative estimate of drug-likeness (QED) is 0.403. The van der Waals surface area contributed by atoms with Gasteiger partial charge in [-0.15, -0.1) is 12.7 Å². The van der Waals surface area contributed by atoms with E-state index in [0.29, 0.717) is 0 Å². The Balaban J connectivity index is 0.000000167. The second-order valence-electron chi connectivity index (χ2n) is 4.69. The number of rotatable bonds is 3. The van der Waals surface area contributed by atoms with Crippen molar-refractivity contribution in [3.05, 3.63) is 73.9 Å². The van der Waals surface area contributed by atoms with Gasteiger partial charge in [0.2, 0.25) is 0 Å². The zero-order valence-corrected chi connectivity index (χ0v) is 15.2. The molecule has 123 valence electrons. The summed E-state index contributed by atoms with van der Waals surface area (Å²) in [4.78, 5) is 1.89. The molecule has 1 aliphatic heterocycles. The third-order valence-electron chi connectivity index (χ3n) is 2.88. The Morgan fingerprint density at radius 1 is 1.04 bits per heavy atom. The molecule has 3 heterocycles. The van der Waals surface area contributed by atoms with Crippen molar-refractivity contribution in [2.24, 2.45) is 5.10 Å². The van der Waals surface area contributed by atoms with Gasteiger partial charge in [0.05, 0.1) is 6.34 Å². The third-order valence-corrected chi connectivity index (χ3v) is 2.88. The summed E-state index contributed by atoms with van der Waals surface area (Å²) in [5, 5.41) is 13.9. The van der Waals surface area contributed by atoms with Gasteiger partial charge < -0.3 is 9.91 Å². The number of hydrazone groups is 1. The molecular formula is C15H15BN7Pt. The first-order valence-electron chi connectivity index (χ1n) is 7.01. The van der Waals surface area contributed by atoms with Crippen LogP contribution in [0.15, 0.2) is 66.3 Å². The molecule has 1 radical (unpaired) electrons. The van der Waals surface area contributed by atoms with Gasteiger partial charge >= 0.3 is 28.6 Å². The van der Waals surface area contributed by atoms with E-state index in [2.05, 4.69) is 21.4 Å². The topological polar surface area (TPSA) is 54.5 Å². The molecule has 0 fully saturated rings. The minimum absolute atomic E-state index is 0. The fourth-order valence-electron chi connectivity index (χ4n) is 1.84. The first kappa shape index (κ1) is 18.0. The van der Waals surface area contributed by atoms with E-state index in [-0.39, 0.29) is 21.1 Å². The van der Waals surface area contributed by atoms with Crippen molar-refractivity contribution in [3.8, 4) is 0 Å². The normalized spacial score (nSPS) is 12.4. The van der Waals surface area contributed by atoms with Gasteiger partial charge in [-0.05, 0) is 19.2 Å². The Morgan fingerprint density at radius 3 is 2.21 bits per heavy atom. The Labute approximate surface area is 156 Å². The maximum atomic E-state index is 4.13. The number of para-hydroxylation sites is 1. The average Bonchev–Trinajstić information content (AvgIpc) is 3.32. The monoisotopic (exact) mass is 499 g/mol. The van der Waals surface area contributed by atoms with Crippen LogP contribution >= 0.6 is 0 Å². The van der Waals surface area contributed by atoms with Crippen molar-refractivity contribution in [1.82, 2.24) is 24.3 Å². The van der Waals surface area contributed by atoms with Crippen LogP contribution in [0.5, 0.6) is 0 Å². The molecule has 0 saturated carbocycles. The number of aromatic nitrogens is 4. The molecule has 24 heavy (non-hydrogen) atoms. The van der Waals surface area contributed by atoms with Crippen LogP contribution in [-0.4, -0.2) is 45.2 Å². The Bertz CT molecular complexity index is 683. The molecule has 0 N–H and O–H groups in total. The molecule has 7 nitrogen and oxygen atoms in total.